The molecule has 164 valence electrons. The molecule has 0 saturated heterocycles. The van der Waals surface area contributed by atoms with E-state index in [-0.39, 0.29) is 11.5 Å². The number of aromatic nitrogens is 5. The van der Waals surface area contributed by atoms with Crippen LogP contribution in [0.25, 0.3) is 11.4 Å². The van der Waals surface area contributed by atoms with Crippen LogP contribution in [0.2, 0.25) is 0 Å². The fourth-order valence-corrected chi connectivity index (χ4v) is 4.44. The zero-order valence-corrected chi connectivity index (χ0v) is 19.4. The Labute approximate surface area is 191 Å². The van der Waals surface area contributed by atoms with Crippen molar-refractivity contribution in [2.24, 2.45) is 0 Å². The smallest absolute Gasteiger partial charge is 0.214 e. The summed E-state index contributed by atoms with van der Waals surface area (Å²) in [6, 6.07) is 17.8. The summed E-state index contributed by atoms with van der Waals surface area (Å²) in [6.45, 7) is 8.52. The zero-order valence-electron chi connectivity index (χ0n) is 18.6. The van der Waals surface area contributed by atoms with Crippen molar-refractivity contribution in [1.82, 2.24) is 24.8 Å². The number of ketones is 1. The molecule has 2 heterocycles. The van der Waals surface area contributed by atoms with Gasteiger partial charge < -0.3 is 9.30 Å². The van der Waals surface area contributed by atoms with Crippen LogP contribution in [0.1, 0.15) is 34.2 Å². The Morgan fingerprint density at radius 3 is 2.56 bits per heavy atom. The van der Waals surface area contributed by atoms with Gasteiger partial charge in [0, 0.05) is 22.6 Å². The van der Waals surface area contributed by atoms with Crippen LogP contribution in [0.3, 0.4) is 0 Å². The molecule has 0 spiro atoms. The highest BCUT2D eigenvalue weighted by atomic mass is 32.2. The number of para-hydroxylation sites is 2. The molecular weight excluding hydrogens is 422 g/mol. The summed E-state index contributed by atoms with van der Waals surface area (Å²) in [4.78, 5) is 13.1. The van der Waals surface area contributed by atoms with E-state index in [0.29, 0.717) is 23.1 Å². The number of benzene rings is 2. The molecule has 4 rings (SSSR count). The molecule has 0 radical (unpaired) electrons. The summed E-state index contributed by atoms with van der Waals surface area (Å²) in [6.07, 6.45) is 0. The van der Waals surface area contributed by atoms with E-state index in [4.69, 9.17) is 4.74 Å². The predicted octanol–water partition coefficient (Wildman–Crippen LogP) is 4.75. The van der Waals surface area contributed by atoms with Crippen molar-refractivity contribution in [3.8, 4) is 17.1 Å². The Kier molecular flexibility index (Phi) is 6.41. The van der Waals surface area contributed by atoms with Crippen molar-refractivity contribution in [2.75, 3.05) is 12.4 Å². The minimum Gasteiger partial charge on any atom is -0.492 e. The number of hydrogen-bond donors (Lipinski definition) is 0. The van der Waals surface area contributed by atoms with E-state index in [0.717, 1.165) is 22.8 Å². The standard InChI is InChI=1S/C24H25N5O2S/c1-5-31-23-9-7-6-8-21(23)29-24(25-26-27-29)32-15-22(30)20-14-17(3)28(18(20)4)19-12-10-16(2)11-13-19/h6-14H,5,15H2,1-4H3. The van der Waals surface area contributed by atoms with E-state index < -0.39 is 0 Å². The molecule has 0 N–H and O–H groups in total. The maximum atomic E-state index is 13.1. The van der Waals surface area contributed by atoms with Crippen LogP contribution in [0.5, 0.6) is 5.75 Å². The zero-order chi connectivity index (χ0) is 22.7. The molecule has 0 bridgehead atoms. The number of Topliss-reactive ketones (excluding diaryl/α,β-unsaturated/α-hetero) is 1. The van der Waals surface area contributed by atoms with Crippen molar-refractivity contribution in [1.29, 1.82) is 0 Å². The predicted molar refractivity (Wildman–Crippen MR) is 125 cm³/mol. The van der Waals surface area contributed by atoms with Gasteiger partial charge in [0.05, 0.1) is 12.4 Å². The highest BCUT2D eigenvalue weighted by Gasteiger charge is 2.19. The van der Waals surface area contributed by atoms with Crippen LogP contribution in [-0.2, 0) is 0 Å². The molecule has 0 aliphatic rings. The first-order valence-electron chi connectivity index (χ1n) is 10.4. The van der Waals surface area contributed by atoms with Crippen LogP contribution in [0, 0.1) is 20.8 Å². The molecule has 0 atom stereocenters. The van der Waals surface area contributed by atoms with E-state index in [1.807, 2.05) is 51.1 Å². The van der Waals surface area contributed by atoms with E-state index in [2.05, 4.69) is 51.3 Å². The van der Waals surface area contributed by atoms with Gasteiger partial charge in [-0.2, -0.15) is 4.68 Å². The minimum absolute atomic E-state index is 0.0362. The summed E-state index contributed by atoms with van der Waals surface area (Å²) in [7, 11) is 0. The summed E-state index contributed by atoms with van der Waals surface area (Å²) < 4.78 is 9.42. The van der Waals surface area contributed by atoms with Crippen LogP contribution in [0.4, 0.5) is 0 Å². The maximum absolute atomic E-state index is 13.1. The second-order valence-electron chi connectivity index (χ2n) is 7.44. The van der Waals surface area contributed by atoms with Crippen molar-refractivity contribution >= 4 is 17.5 Å². The van der Waals surface area contributed by atoms with Gasteiger partial charge in [0.15, 0.2) is 5.78 Å². The Hall–Kier alpha value is -3.39. The lowest BCUT2D eigenvalue weighted by molar-refractivity contribution is 0.102. The van der Waals surface area contributed by atoms with Crippen LogP contribution < -0.4 is 4.74 Å². The fraction of sp³-hybridized carbons (Fsp3) is 0.250. The average molecular weight is 448 g/mol. The van der Waals surface area contributed by atoms with Gasteiger partial charge in [-0.15, -0.1) is 5.10 Å². The third-order valence-corrected chi connectivity index (χ3v) is 6.11. The van der Waals surface area contributed by atoms with Crippen LogP contribution in [-0.4, -0.2) is 42.9 Å². The lowest BCUT2D eigenvalue weighted by Gasteiger charge is -2.11. The summed E-state index contributed by atoms with van der Waals surface area (Å²) in [5.41, 5.74) is 5.66. The third kappa shape index (κ3) is 4.31. The summed E-state index contributed by atoms with van der Waals surface area (Å²) in [5.74, 6) is 0.960. The minimum atomic E-state index is 0.0362. The number of hydrogen-bond acceptors (Lipinski definition) is 6. The van der Waals surface area contributed by atoms with Gasteiger partial charge in [0.25, 0.3) is 0 Å². The van der Waals surface area contributed by atoms with E-state index in [1.165, 1.54) is 17.3 Å². The molecule has 8 heteroatoms. The molecule has 2 aromatic carbocycles. The number of carbonyl (C=O) groups excluding carboxylic acids is 1. The normalized spacial score (nSPS) is 11.0. The monoisotopic (exact) mass is 447 g/mol. The third-order valence-electron chi connectivity index (χ3n) is 5.19. The largest absolute Gasteiger partial charge is 0.492 e. The molecule has 0 fully saturated rings. The highest BCUT2D eigenvalue weighted by Crippen LogP contribution is 2.27. The lowest BCUT2D eigenvalue weighted by atomic mass is 10.2. The second-order valence-corrected chi connectivity index (χ2v) is 8.38. The maximum Gasteiger partial charge on any atom is 0.214 e. The van der Waals surface area contributed by atoms with Gasteiger partial charge in [0.1, 0.15) is 11.4 Å². The van der Waals surface area contributed by atoms with E-state index >= 15 is 0 Å². The molecule has 0 unspecified atom stereocenters. The molecule has 2 aromatic heterocycles. The van der Waals surface area contributed by atoms with Gasteiger partial charge in [-0.3, -0.25) is 4.79 Å². The number of ether oxygens (including phenoxy) is 1. The number of carbonyl (C=O) groups is 1. The molecular formula is C24H25N5O2S. The van der Waals surface area contributed by atoms with Crippen LogP contribution in [0.15, 0.2) is 59.8 Å². The molecule has 7 nitrogen and oxygen atoms in total. The molecule has 0 aliphatic heterocycles. The first kappa shape index (κ1) is 21.8. The second kappa shape index (κ2) is 9.40. The van der Waals surface area contributed by atoms with Crippen molar-refractivity contribution in [3.05, 3.63) is 77.1 Å². The van der Waals surface area contributed by atoms with Crippen molar-refractivity contribution in [2.45, 2.75) is 32.9 Å². The number of aryl methyl sites for hydroxylation is 2. The molecule has 4 aromatic rings. The van der Waals surface area contributed by atoms with Crippen molar-refractivity contribution < 1.29 is 9.53 Å². The van der Waals surface area contributed by atoms with Gasteiger partial charge in [-0.05, 0) is 68.5 Å². The SMILES string of the molecule is CCOc1ccccc1-n1nnnc1SCC(=O)c1cc(C)n(-c2ccc(C)cc2)c1C. The number of thioether (sulfide) groups is 1. The first-order valence-corrected chi connectivity index (χ1v) is 11.4. The average Bonchev–Trinajstić information content (AvgIpc) is 3.37. The molecule has 0 saturated carbocycles. The molecule has 0 aliphatic carbocycles. The summed E-state index contributed by atoms with van der Waals surface area (Å²) in [5, 5.41) is 12.6. The van der Waals surface area contributed by atoms with Gasteiger partial charge in [0.2, 0.25) is 5.16 Å². The van der Waals surface area contributed by atoms with Crippen LogP contribution >= 0.6 is 11.8 Å². The quantitative estimate of drug-likeness (QED) is 0.287. The number of nitrogens with zero attached hydrogens (tertiary/aromatic N) is 5. The lowest BCUT2D eigenvalue weighted by Crippen LogP contribution is -2.07. The van der Waals surface area contributed by atoms with Crippen molar-refractivity contribution in [3.63, 3.8) is 0 Å². The molecule has 0 amide bonds. The number of rotatable bonds is 8. The Morgan fingerprint density at radius 1 is 1.06 bits per heavy atom. The highest BCUT2D eigenvalue weighted by molar-refractivity contribution is 7.99. The van der Waals surface area contributed by atoms with Gasteiger partial charge in [-0.25, -0.2) is 0 Å². The Morgan fingerprint density at radius 2 is 1.81 bits per heavy atom. The van der Waals surface area contributed by atoms with E-state index in [1.54, 1.807) is 4.68 Å². The molecule has 32 heavy (non-hydrogen) atoms. The fourth-order valence-electron chi connectivity index (χ4n) is 3.67. The Balaban J connectivity index is 1.55. The number of tetrazole rings is 1. The van der Waals surface area contributed by atoms with Gasteiger partial charge in [-0.1, -0.05) is 41.6 Å². The van der Waals surface area contributed by atoms with E-state index in [9.17, 15) is 4.79 Å². The Bertz CT molecular complexity index is 1240. The van der Waals surface area contributed by atoms with Gasteiger partial charge >= 0.3 is 0 Å². The summed E-state index contributed by atoms with van der Waals surface area (Å²) >= 11 is 1.31. The topological polar surface area (TPSA) is 74.8 Å². The first-order chi connectivity index (χ1) is 15.5.